The number of likely N-dealkylation sites (tertiary alicyclic amines) is 1. The summed E-state index contributed by atoms with van der Waals surface area (Å²) in [7, 11) is 5.22. The predicted molar refractivity (Wildman–Crippen MR) is 120 cm³/mol. The summed E-state index contributed by atoms with van der Waals surface area (Å²) >= 11 is 0. The predicted octanol–water partition coefficient (Wildman–Crippen LogP) is 3.07. The minimum absolute atomic E-state index is 0.0129. The monoisotopic (exact) mass is 418 g/mol. The van der Waals surface area contributed by atoms with E-state index in [1.807, 2.05) is 42.3 Å². The number of hydrogen-bond acceptors (Lipinski definition) is 6. The number of nitrogens with zero attached hydrogens (tertiary/aromatic N) is 2. The molecule has 1 atom stereocenters. The summed E-state index contributed by atoms with van der Waals surface area (Å²) in [5.41, 5.74) is 3.36. The van der Waals surface area contributed by atoms with Crippen molar-refractivity contribution in [2.24, 2.45) is 0 Å². The van der Waals surface area contributed by atoms with Gasteiger partial charge in [0.15, 0.2) is 5.78 Å². The SMILES string of the molecule is COc1cc(OC)cc(N2C(=N)C(=C3Cc4ccccc4N3)C(=O)C23CCN(C)C3)c1. The third kappa shape index (κ3) is 2.91. The molecule has 0 amide bonds. The lowest BCUT2D eigenvalue weighted by Crippen LogP contribution is -2.51. The Labute approximate surface area is 181 Å². The van der Waals surface area contributed by atoms with Crippen LogP contribution in [0.1, 0.15) is 12.0 Å². The summed E-state index contributed by atoms with van der Waals surface area (Å²) in [6, 6.07) is 13.6. The Bertz CT molecular complexity index is 1080. The van der Waals surface area contributed by atoms with E-state index in [2.05, 4.69) is 16.3 Å². The number of rotatable bonds is 3. The number of hydrogen-bond donors (Lipinski definition) is 2. The summed E-state index contributed by atoms with van der Waals surface area (Å²) in [6.45, 7) is 1.37. The average Bonchev–Trinajstić information content (AvgIpc) is 3.42. The second-order valence-corrected chi connectivity index (χ2v) is 8.42. The lowest BCUT2D eigenvalue weighted by atomic mass is 9.90. The number of anilines is 2. The maximum atomic E-state index is 13.9. The molecule has 160 valence electrons. The Kier molecular flexibility index (Phi) is 4.51. The first-order valence-electron chi connectivity index (χ1n) is 10.4. The molecule has 7 heteroatoms. The number of likely N-dealkylation sites (N-methyl/N-ethyl adjacent to an activating group) is 1. The van der Waals surface area contributed by atoms with Gasteiger partial charge in [0.25, 0.3) is 0 Å². The Morgan fingerprint density at radius 2 is 1.81 bits per heavy atom. The van der Waals surface area contributed by atoms with Crippen molar-refractivity contribution in [2.45, 2.75) is 18.4 Å². The molecule has 0 saturated carbocycles. The van der Waals surface area contributed by atoms with Gasteiger partial charge in [0, 0.05) is 49.1 Å². The zero-order valence-electron chi connectivity index (χ0n) is 18.0. The van der Waals surface area contributed by atoms with Crippen molar-refractivity contribution >= 4 is 23.0 Å². The topological polar surface area (TPSA) is 77.9 Å². The van der Waals surface area contributed by atoms with Gasteiger partial charge in [-0.3, -0.25) is 10.2 Å². The molecule has 2 aromatic rings. The number of ketones is 1. The van der Waals surface area contributed by atoms with E-state index in [0.29, 0.717) is 36.5 Å². The molecule has 31 heavy (non-hydrogen) atoms. The summed E-state index contributed by atoms with van der Waals surface area (Å²) in [4.78, 5) is 18.0. The van der Waals surface area contributed by atoms with Crippen LogP contribution in [0.5, 0.6) is 11.5 Å². The van der Waals surface area contributed by atoms with E-state index in [4.69, 9.17) is 14.9 Å². The van der Waals surface area contributed by atoms with Crippen molar-refractivity contribution in [1.82, 2.24) is 4.90 Å². The highest BCUT2D eigenvalue weighted by Crippen LogP contribution is 2.45. The third-order valence-corrected chi connectivity index (χ3v) is 6.54. The average molecular weight is 418 g/mol. The first-order chi connectivity index (χ1) is 15.0. The molecule has 1 spiro atoms. The fourth-order valence-corrected chi connectivity index (χ4v) is 5.04. The maximum Gasteiger partial charge on any atom is 0.195 e. The molecule has 1 unspecified atom stereocenters. The van der Waals surface area contributed by atoms with Gasteiger partial charge >= 0.3 is 0 Å². The summed E-state index contributed by atoms with van der Waals surface area (Å²) < 4.78 is 10.9. The van der Waals surface area contributed by atoms with Gasteiger partial charge in [-0.25, -0.2) is 0 Å². The molecule has 3 aliphatic rings. The van der Waals surface area contributed by atoms with E-state index >= 15 is 0 Å². The number of allylic oxidation sites excluding steroid dienone is 1. The zero-order valence-corrected chi connectivity index (χ0v) is 18.0. The number of Topliss-reactive ketones (excluding diaryl/α,β-unsaturated/α-hetero) is 1. The van der Waals surface area contributed by atoms with Gasteiger partial charge in [-0.1, -0.05) is 18.2 Å². The van der Waals surface area contributed by atoms with Crippen molar-refractivity contribution in [3.8, 4) is 11.5 Å². The van der Waals surface area contributed by atoms with Gasteiger partial charge in [0.2, 0.25) is 0 Å². The van der Waals surface area contributed by atoms with Crippen LogP contribution in [0.25, 0.3) is 0 Å². The Morgan fingerprint density at radius 1 is 1.10 bits per heavy atom. The molecule has 2 fully saturated rings. The lowest BCUT2D eigenvalue weighted by Gasteiger charge is -2.34. The molecule has 7 nitrogen and oxygen atoms in total. The van der Waals surface area contributed by atoms with Crippen LogP contribution < -0.4 is 19.7 Å². The highest BCUT2D eigenvalue weighted by molar-refractivity contribution is 6.37. The number of para-hydroxylation sites is 1. The molecule has 0 radical (unpaired) electrons. The molecular weight excluding hydrogens is 392 g/mol. The minimum atomic E-state index is -0.804. The summed E-state index contributed by atoms with van der Waals surface area (Å²) in [5, 5.41) is 12.5. The second-order valence-electron chi connectivity index (χ2n) is 8.42. The van der Waals surface area contributed by atoms with Crippen molar-refractivity contribution < 1.29 is 14.3 Å². The van der Waals surface area contributed by atoms with E-state index < -0.39 is 5.54 Å². The number of carbonyl (C=O) groups is 1. The van der Waals surface area contributed by atoms with E-state index in [1.165, 1.54) is 0 Å². The number of ether oxygens (including phenoxy) is 2. The zero-order chi connectivity index (χ0) is 21.8. The van der Waals surface area contributed by atoms with Crippen LogP contribution in [-0.4, -0.2) is 56.4 Å². The van der Waals surface area contributed by atoms with Gasteiger partial charge in [0.05, 0.1) is 25.5 Å². The largest absolute Gasteiger partial charge is 0.497 e. The number of fused-ring (bicyclic) bond motifs is 1. The minimum Gasteiger partial charge on any atom is -0.497 e. The van der Waals surface area contributed by atoms with Crippen LogP contribution in [0.4, 0.5) is 11.4 Å². The van der Waals surface area contributed by atoms with Crippen molar-refractivity contribution in [3.63, 3.8) is 0 Å². The molecule has 3 heterocycles. The number of methoxy groups -OCH3 is 2. The Morgan fingerprint density at radius 3 is 2.42 bits per heavy atom. The van der Waals surface area contributed by atoms with Crippen LogP contribution in [0.15, 0.2) is 53.7 Å². The molecule has 3 aliphatic heterocycles. The van der Waals surface area contributed by atoms with Gasteiger partial charge in [-0.15, -0.1) is 0 Å². The number of amidine groups is 1. The molecule has 0 aromatic heterocycles. The molecule has 2 saturated heterocycles. The Hall–Kier alpha value is -3.32. The smallest absolute Gasteiger partial charge is 0.195 e. The normalized spacial score (nSPS) is 25.3. The van der Waals surface area contributed by atoms with Crippen LogP contribution in [0, 0.1) is 5.41 Å². The van der Waals surface area contributed by atoms with Crippen LogP contribution >= 0.6 is 0 Å². The van der Waals surface area contributed by atoms with Gasteiger partial charge in [0.1, 0.15) is 22.9 Å². The van der Waals surface area contributed by atoms with E-state index in [9.17, 15) is 4.79 Å². The highest BCUT2D eigenvalue weighted by Gasteiger charge is 2.58. The molecule has 5 rings (SSSR count). The van der Waals surface area contributed by atoms with Gasteiger partial charge in [-0.2, -0.15) is 0 Å². The summed E-state index contributed by atoms with van der Waals surface area (Å²) in [6.07, 6.45) is 1.29. The van der Waals surface area contributed by atoms with E-state index in [0.717, 1.165) is 29.2 Å². The first kappa shape index (κ1) is 19.6. The van der Waals surface area contributed by atoms with E-state index in [1.54, 1.807) is 20.3 Å². The third-order valence-electron chi connectivity index (χ3n) is 6.54. The van der Waals surface area contributed by atoms with Crippen LogP contribution in [0.3, 0.4) is 0 Å². The van der Waals surface area contributed by atoms with Crippen molar-refractivity contribution in [3.05, 3.63) is 59.3 Å². The second kappa shape index (κ2) is 7.13. The lowest BCUT2D eigenvalue weighted by molar-refractivity contribution is -0.118. The first-order valence-corrected chi connectivity index (χ1v) is 10.4. The molecule has 2 N–H and O–H groups in total. The highest BCUT2D eigenvalue weighted by atomic mass is 16.5. The number of nitrogens with one attached hydrogen (secondary N) is 2. The van der Waals surface area contributed by atoms with Gasteiger partial charge in [-0.05, 0) is 25.1 Å². The standard InChI is InChI=1S/C24H26N4O3/c1-27-9-8-24(14-27)22(29)21(20-10-15-6-4-5-7-19(15)26-20)23(25)28(24)16-11-17(30-2)13-18(12-16)31-3/h4-7,11-13,25-26H,8-10,14H2,1-3H3. The molecule has 0 aliphatic carbocycles. The number of benzene rings is 2. The fraction of sp³-hybridized carbons (Fsp3) is 0.333. The van der Waals surface area contributed by atoms with Crippen molar-refractivity contribution in [1.29, 1.82) is 5.41 Å². The van der Waals surface area contributed by atoms with Gasteiger partial charge < -0.3 is 24.6 Å². The van der Waals surface area contributed by atoms with Crippen molar-refractivity contribution in [2.75, 3.05) is 44.6 Å². The molecule has 0 bridgehead atoms. The Balaban J connectivity index is 1.66. The molecule has 2 aromatic carbocycles. The fourth-order valence-electron chi connectivity index (χ4n) is 5.04. The quantitative estimate of drug-likeness (QED) is 0.746. The van der Waals surface area contributed by atoms with Crippen LogP contribution in [-0.2, 0) is 11.2 Å². The molecular formula is C24H26N4O3. The van der Waals surface area contributed by atoms with Crippen LogP contribution in [0.2, 0.25) is 0 Å². The summed E-state index contributed by atoms with van der Waals surface area (Å²) in [5.74, 6) is 1.50. The maximum absolute atomic E-state index is 13.9. The number of carbonyl (C=O) groups excluding carboxylic acids is 1. The van der Waals surface area contributed by atoms with E-state index in [-0.39, 0.29) is 11.6 Å².